The van der Waals surface area contributed by atoms with Gasteiger partial charge in [-0.1, -0.05) is 24.3 Å². The number of carboxylic acids is 1. The van der Waals surface area contributed by atoms with Crippen LogP contribution >= 0.6 is 11.3 Å². The number of aryl methyl sites for hydroxylation is 1. The summed E-state index contributed by atoms with van der Waals surface area (Å²) in [5.41, 5.74) is 4.06. The van der Waals surface area contributed by atoms with Crippen LogP contribution in [0.5, 0.6) is 5.75 Å². The van der Waals surface area contributed by atoms with Crippen molar-refractivity contribution in [1.82, 2.24) is 10.2 Å². The quantitative estimate of drug-likeness (QED) is 0.336. The summed E-state index contributed by atoms with van der Waals surface area (Å²) in [6.07, 6.45) is 0.802. The second kappa shape index (κ2) is 10.4. The molecule has 0 aliphatic heterocycles. The van der Waals surface area contributed by atoms with E-state index in [1.165, 1.54) is 12.0 Å². The number of aliphatic carboxylic acids is 1. The number of hydrogen-bond acceptors (Lipinski definition) is 7. The number of thiophene rings is 1. The highest BCUT2D eigenvalue weighted by atomic mass is 32.1. The zero-order valence-corrected chi connectivity index (χ0v) is 19.2. The standard InChI is InChI=1S/C25H24N2O5S/c1-3-30-21(25(28)29)13-17-4-10-20(11-5-17)31-14-23-16(2)12-22(33-23)18-6-8-19(9-7-18)24-27-26-15-32-24/h4-12,15,21H,3,13-14H2,1-2H3,(H,28,29)/t21-/m0/s1. The van der Waals surface area contributed by atoms with E-state index in [2.05, 4.69) is 23.2 Å². The number of rotatable bonds is 10. The maximum Gasteiger partial charge on any atom is 0.333 e. The van der Waals surface area contributed by atoms with Gasteiger partial charge in [-0.3, -0.25) is 0 Å². The Morgan fingerprint density at radius 2 is 1.85 bits per heavy atom. The number of carboxylic acid groups (broad SMARTS) is 1. The highest BCUT2D eigenvalue weighted by molar-refractivity contribution is 7.15. The molecule has 2 aromatic heterocycles. The van der Waals surface area contributed by atoms with Crippen molar-refractivity contribution >= 4 is 17.3 Å². The molecule has 33 heavy (non-hydrogen) atoms. The summed E-state index contributed by atoms with van der Waals surface area (Å²) in [5.74, 6) is 0.283. The topological polar surface area (TPSA) is 94.7 Å². The summed E-state index contributed by atoms with van der Waals surface area (Å²) in [4.78, 5) is 13.6. The van der Waals surface area contributed by atoms with Crippen molar-refractivity contribution in [2.75, 3.05) is 6.61 Å². The first-order chi connectivity index (χ1) is 16.0. The van der Waals surface area contributed by atoms with Gasteiger partial charge in [-0.25, -0.2) is 4.79 Å². The van der Waals surface area contributed by atoms with Crippen LogP contribution in [-0.4, -0.2) is 34.0 Å². The van der Waals surface area contributed by atoms with Gasteiger partial charge in [0.1, 0.15) is 12.4 Å². The average molecular weight is 465 g/mol. The Hall–Kier alpha value is -3.49. The minimum atomic E-state index is -0.953. The number of hydrogen-bond donors (Lipinski definition) is 1. The molecular formula is C25H24N2O5S. The molecule has 0 fully saturated rings. The zero-order chi connectivity index (χ0) is 23.2. The lowest BCUT2D eigenvalue weighted by Gasteiger charge is -2.13. The van der Waals surface area contributed by atoms with Gasteiger partial charge in [0, 0.05) is 28.3 Å². The number of aromatic nitrogens is 2. The van der Waals surface area contributed by atoms with Crippen LogP contribution in [0.25, 0.3) is 21.9 Å². The molecule has 0 saturated carbocycles. The van der Waals surface area contributed by atoms with Gasteiger partial charge in [0.2, 0.25) is 12.3 Å². The molecule has 7 nitrogen and oxygen atoms in total. The first kappa shape index (κ1) is 22.7. The normalized spacial score (nSPS) is 11.9. The summed E-state index contributed by atoms with van der Waals surface area (Å²) in [7, 11) is 0. The van der Waals surface area contributed by atoms with Gasteiger partial charge in [0.25, 0.3) is 0 Å². The number of benzene rings is 2. The Labute approximate surface area is 195 Å². The second-order valence-electron chi connectivity index (χ2n) is 7.46. The fraction of sp³-hybridized carbons (Fsp3) is 0.240. The fourth-order valence-electron chi connectivity index (χ4n) is 3.38. The monoisotopic (exact) mass is 464 g/mol. The minimum Gasteiger partial charge on any atom is -0.488 e. The van der Waals surface area contributed by atoms with E-state index in [9.17, 15) is 9.90 Å². The molecule has 170 valence electrons. The summed E-state index contributed by atoms with van der Waals surface area (Å²) in [5, 5.41) is 16.9. The van der Waals surface area contributed by atoms with Crippen molar-refractivity contribution in [3.05, 3.63) is 77.0 Å². The van der Waals surface area contributed by atoms with E-state index in [1.54, 1.807) is 18.3 Å². The van der Waals surface area contributed by atoms with Crippen molar-refractivity contribution in [2.24, 2.45) is 0 Å². The van der Waals surface area contributed by atoms with Crippen LogP contribution in [0, 0.1) is 6.92 Å². The number of ether oxygens (including phenoxy) is 2. The molecule has 0 aliphatic rings. The predicted octanol–water partition coefficient (Wildman–Crippen LogP) is 5.38. The average Bonchev–Trinajstić information content (AvgIpc) is 3.48. The largest absolute Gasteiger partial charge is 0.488 e. The molecule has 2 aromatic carbocycles. The predicted molar refractivity (Wildman–Crippen MR) is 125 cm³/mol. The SMILES string of the molecule is CCO[C@@H](Cc1ccc(OCc2sc(-c3ccc(-c4nnco4)cc3)cc2C)cc1)C(=O)O. The molecule has 1 N–H and O–H groups in total. The van der Waals surface area contributed by atoms with Gasteiger partial charge in [-0.05, 0) is 60.9 Å². The van der Waals surface area contributed by atoms with Crippen molar-refractivity contribution in [1.29, 1.82) is 0 Å². The van der Waals surface area contributed by atoms with Gasteiger partial charge in [-0.15, -0.1) is 21.5 Å². The van der Waals surface area contributed by atoms with Crippen LogP contribution in [0.3, 0.4) is 0 Å². The molecule has 1 atom stereocenters. The summed E-state index contributed by atoms with van der Waals surface area (Å²) < 4.78 is 16.5. The third-order valence-corrected chi connectivity index (χ3v) is 6.41. The third kappa shape index (κ3) is 5.66. The molecule has 0 bridgehead atoms. The Kier molecular flexibility index (Phi) is 7.16. The highest BCUT2D eigenvalue weighted by Gasteiger charge is 2.18. The van der Waals surface area contributed by atoms with Crippen LogP contribution in [-0.2, 0) is 22.6 Å². The molecule has 8 heteroatoms. The second-order valence-corrected chi connectivity index (χ2v) is 8.59. The van der Waals surface area contributed by atoms with Gasteiger partial charge >= 0.3 is 5.97 Å². The van der Waals surface area contributed by atoms with E-state index < -0.39 is 12.1 Å². The van der Waals surface area contributed by atoms with Crippen LogP contribution in [0.4, 0.5) is 0 Å². The van der Waals surface area contributed by atoms with Gasteiger partial charge in [-0.2, -0.15) is 0 Å². The molecule has 0 saturated heterocycles. The first-order valence-electron chi connectivity index (χ1n) is 10.6. The summed E-state index contributed by atoms with van der Waals surface area (Å²) >= 11 is 1.70. The molecule has 4 aromatic rings. The molecule has 0 amide bonds. The van der Waals surface area contributed by atoms with E-state index in [-0.39, 0.29) is 0 Å². The number of carbonyl (C=O) groups is 1. The summed E-state index contributed by atoms with van der Waals surface area (Å²) in [6.45, 7) is 4.69. The lowest BCUT2D eigenvalue weighted by Crippen LogP contribution is -2.26. The van der Waals surface area contributed by atoms with E-state index in [0.717, 1.165) is 32.2 Å². The van der Waals surface area contributed by atoms with Crippen LogP contribution in [0.1, 0.15) is 22.9 Å². The molecule has 0 aliphatic carbocycles. The first-order valence-corrected chi connectivity index (χ1v) is 11.4. The summed E-state index contributed by atoms with van der Waals surface area (Å²) in [6, 6.07) is 17.7. The third-order valence-electron chi connectivity index (χ3n) is 5.15. The van der Waals surface area contributed by atoms with E-state index >= 15 is 0 Å². The van der Waals surface area contributed by atoms with Gasteiger partial charge in [0.15, 0.2) is 6.10 Å². The van der Waals surface area contributed by atoms with Crippen LogP contribution in [0.2, 0.25) is 0 Å². The fourth-order valence-corrected chi connectivity index (χ4v) is 4.48. The van der Waals surface area contributed by atoms with Crippen LogP contribution < -0.4 is 4.74 Å². The maximum absolute atomic E-state index is 11.3. The van der Waals surface area contributed by atoms with E-state index in [1.807, 2.05) is 48.5 Å². The molecule has 4 rings (SSSR count). The molecule has 0 radical (unpaired) electrons. The van der Waals surface area contributed by atoms with Gasteiger partial charge in [0.05, 0.1) is 0 Å². The van der Waals surface area contributed by atoms with Crippen molar-refractivity contribution < 1.29 is 23.8 Å². The molecule has 2 heterocycles. The Balaban J connectivity index is 1.38. The Morgan fingerprint density at radius 1 is 1.12 bits per heavy atom. The van der Waals surface area contributed by atoms with E-state index in [0.29, 0.717) is 25.5 Å². The number of nitrogens with zero attached hydrogens (tertiary/aromatic N) is 2. The molecular weight excluding hydrogens is 440 g/mol. The lowest BCUT2D eigenvalue weighted by atomic mass is 10.1. The Morgan fingerprint density at radius 3 is 2.48 bits per heavy atom. The Bertz CT molecular complexity index is 1180. The smallest absolute Gasteiger partial charge is 0.333 e. The van der Waals surface area contributed by atoms with Crippen molar-refractivity contribution in [3.8, 4) is 27.6 Å². The van der Waals surface area contributed by atoms with Crippen LogP contribution in [0.15, 0.2) is 65.4 Å². The minimum absolute atomic E-state index is 0.322. The van der Waals surface area contributed by atoms with E-state index in [4.69, 9.17) is 13.9 Å². The maximum atomic E-state index is 11.3. The molecule has 0 spiro atoms. The highest BCUT2D eigenvalue weighted by Crippen LogP contribution is 2.33. The zero-order valence-electron chi connectivity index (χ0n) is 18.4. The van der Waals surface area contributed by atoms with Crippen molar-refractivity contribution in [3.63, 3.8) is 0 Å². The van der Waals surface area contributed by atoms with Crippen molar-refractivity contribution in [2.45, 2.75) is 33.0 Å². The molecule has 0 unspecified atom stereocenters. The lowest BCUT2D eigenvalue weighted by molar-refractivity contribution is -0.149. The van der Waals surface area contributed by atoms with Gasteiger partial charge < -0.3 is 19.0 Å².